The summed E-state index contributed by atoms with van der Waals surface area (Å²) in [5, 5.41) is 9.41. The molecule has 1 aromatic carbocycles. The third-order valence-electron chi connectivity index (χ3n) is 3.18. The Morgan fingerprint density at radius 3 is 2.40 bits per heavy atom. The lowest BCUT2D eigenvalue weighted by molar-refractivity contribution is 0.145. The van der Waals surface area contributed by atoms with Crippen molar-refractivity contribution in [1.29, 1.82) is 0 Å². The molecule has 1 aliphatic heterocycles. The molecule has 1 fully saturated rings. The highest BCUT2D eigenvalue weighted by molar-refractivity contribution is 5.16. The molecule has 1 heterocycles. The monoisotopic (exact) mass is 205 g/mol. The van der Waals surface area contributed by atoms with Crippen LogP contribution in [0.1, 0.15) is 18.4 Å². The summed E-state index contributed by atoms with van der Waals surface area (Å²) in [4.78, 5) is 2.41. The highest BCUT2D eigenvalue weighted by Gasteiger charge is 2.20. The van der Waals surface area contributed by atoms with Gasteiger partial charge in [0.1, 0.15) is 0 Å². The third-order valence-corrected chi connectivity index (χ3v) is 3.18. The molecule has 0 radical (unpaired) electrons. The highest BCUT2D eigenvalue weighted by Crippen LogP contribution is 2.15. The van der Waals surface area contributed by atoms with Gasteiger partial charge in [0, 0.05) is 6.04 Å². The van der Waals surface area contributed by atoms with Gasteiger partial charge in [-0.15, -0.1) is 0 Å². The third kappa shape index (κ3) is 2.80. The molecule has 0 aromatic heterocycles. The van der Waals surface area contributed by atoms with Crippen LogP contribution in [-0.2, 0) is 6.42 Å². The van der Waals surface area contributed by atoms with Gasteiger partial charge in [-0.1, -0.05) is 30.3 Å². The number of benzene rings is 1. The van der Waals surface area contributed by atoms with Crippen LogP contribution in [0, 0.1) is 0 Å². The standard InChI is InChI=1S/C13H19NO/c15-11-13(14-8-4-5-9-14)10-12-6-2-1-3-7-12/h1-3,6-7,13,15H,4-5,8-11H2. The Hall–Kier alpha value is -0.860. The Labute approximate surface area is 91.5 Å². The van der Waals surface area contributed by atoms with Crippen LogP contribution in [-0.4, -0.2) is 35.7 Å². The normalized spacial score (nSPS) is 19.3. The molecule has 0 amide bonds. The number of aliphatic hydroxyl groups excluding tert-OH is 1. The first kappa shape index (κ1) is 10.7. The largest absolute Gasteiger partial charge is 0.395 e. The number of hydrogen-bond acceptors (Lipinski definition) is 2. The minimum absolute atomic E-state index is 0.273. The second kappa shape index (κ2) is 5.29. The summed E-state index contributed by atoms with van der Waals surface area (Å²) in [6, 6.07) is 10.8. The fraction of sp³-hybridized carbons (Fsp3) is 0.538. The van der Waals surface area contributed by atoms with E-state index in [1.165, 1.54) is 18.4 Å². The summed E-state index contributed by atoms with van der Waals surface area (Å²) >= 11 is 0. The number of hydrogen-bond donors (Lipinski definition) is 1. The zero-order chi connectivity index (χ0) is 10.5. The summed E-state index contributed by atoms with van der Waals surface area (Å²) in [6.45, 7) is 2.57. The minimum atomic E-state index is 0.273. The summed E-state index contributed by atoms with van der Waals surface area (Å²) in [5.41, 5.74) is 1.32. The number of aliphatic hydroxyl groups is 1. The van der Waals surface area contributed by atoms with E-state index in [1.807, 2.05) is 6.07 Å². The van der Waals surface area contributed by atoms with E-state index in [-0.39, 0.29) is 6.61 Å². The Balaban J connectivity index is 1.96. The fourth-order valence-corrected chi connectivity index (χ4v) is 2.30. The molecule has 0 saturated carbocycles. The molecule has 1 aliphatic rings. The van der Waals surface area contributed by atoms with Crippen molar-refractivity contribution in [3.8, 4) is 0 Å². The van der Waals surface area contributed by atoms with E-state index in [4.69, 9.17) is 0 Å². The van der Waals surface area contributed by atoms with Crippen molar-refractivity contribution in [1.82, 2.24) is 4.90 Å². The van der Waals surface area contributed by atoms with Gasteiger partial charge in [-0.2, -0.15) is 0 Å². The Bertz CT molecular complexity index is 280. The molecule has 1 N–H and O–H groups in total. The van der Waals surface area contributed by atoms with Crippen LogP contribution in [0.25, 0.3) is 0 Å². The first-order valence-corrected chi connectivity index (χ1v) is 5.79. The summed E-state index contributed by atoms with van der Waals surface area (Å²) < 4.78 is 0. The van der Waals surface area contributed by atoms with Crippen molar-refractivity contribution in [3.05, 3.63) is 35.9 Å². The second-order valence-corrected chi connectivity index (χ2v) is 4.27. The summed E-state index contributed by atoms with van der Waals surface area (Å²) in [6.07, 6.45) is 3.54. The van der Waals surface area contributed by atoms with E-state index in [1.54, 1.807) is 0 Å². The molecule has 2 nitrogen and oxygen atoms in total. The van der Waals surface area contributed by atoms with Crippen molar-refractivity contribution >= 4 is 0 Å². The van der Waals surface area contributed by atoms with Gasteiger partial charge in [-0.25, -0.2) is 0 Å². The number of likely N-dealkylation sites (tertiary alicyclic amines) is 1. The van der Waals surface area contributed by atoms with E-state index < -0.39 is 0 Å². The average Bonchev–Trinajstić information content (AvgIpc) is 2.81. The van der Waals surface area contributed by atoms with Crippen LogP contribution >= 0.6 is 0 Å². The van der Waals surface area contributed by atoms with Crippen molar-refractivity contribution in [2.45, 2.75) is 25.3 Å². The van der Waals surface area contributed by atoms with Gasteiger partial charge in [0.25, 0.3) is 0 Å². The van der Waals surface area contributed by atoms with Crippen LogP contribution in [0.15, 0.2) is 30.3 Å². The molecule has 1 saturated heterocycles. The lowest BCUT2D eigenvalue weighted by atomic mass is 10.1. The fourth-order valence-electron chi connectivity index (χ4n) is 2.30. The first-order valence-electron chi connectivity index (χ1n) is 5.79. The van der Waals surface area contributed by atoms with Gasteiger partial charge in [0.05, 0.1) is 6.61 Å². The van der Waals surface area contributed by atoms with E-state index in [9.17, 15) is 5.11 Å². The van der Waals surface area contributed by atoms with Crippen molar-refractivity contribution in [3.63, 3.8) is 0 Å². The Morgan fingerprint density at radius 1 is 1.13 bits per heavy atom. The molecule has 1 atom stereocenters. The summed E-state index contributed by atoms with van der Waals surface area (Å²) in [5.74, 6) is 0. The predicted molar refractivity (Wildman–Crippen MR) is 61.8 cm³/mol. The molecule has 2 heteroatoms. The highest BCUT2D eigenvalue weighted by atomic mass is 16.3. The maximum absolute atomic E-state index is 9.41. The van der Waals surface area contributed by atoms with E-state index in [2.05, 4.69) is 29.2 Å². The maximum atomic E-state index is 9.41. The molecule has 1 unspecified atom stereocenters. The van der Waals surface area contributed by atoms with Crippen LogP contribution in [0.5, 0.6) is 0 Å². The molecule has 0 aliphatic carbocycles. The SMILES string of the molecule is OCC(Cc1ccccc1)N1CCCC1. The van der Waals surface area contributed by atoms with Gasteiger partial charge < -0.3 is 5.11 Å². The lowest BCUT2D eigenvalue weighted by Gasteiger charge is -2.25. The van der Waals surface area contributed by atoms with Crippen LogP contribution in [0.2, 0.25) is 0 Å². The van der Waals surface area contributed by atoms with E-state index >= 15 is 0 Å². The topological polar surface area (TPSA) is 23.5 Å². The smallest absolute Gasteiger partial charge is 0.0590 e. The average molecular weight is 205 g/mol. The van der Waals surface area contributed by atoms with Crippen LogP contribution in [0.3, 0.4) is 0 Å². The van der Waals surface area contributed by atoms with E-state index in [0.717, 1.165) is 19.5 Å². The van der Waals surface area contributed by atoms with Crippen molar-refractivity contribution < 1.29 is 5.11 Å². The second-order valence-electron chi connectivity index (χ2n) is 4.27. The van der Waals surface area contributed by atoms with Crippen molar-refractivity contribution in [2.24, 2.45) is 0 Å². The molecule has 15 heavy (non-hydrogen) atoms. The lowest BCUT2D eigenvalue weighted by Crippen LogP contribution is -2.37. The molecule has 2 rings (SSSR count). The van der Waals surface area contributed by atoms with Gasteiger partial charge >= 0.3 is 0 Å². The van der Waals surface area contributed by atoms with E-state index in [0.29, 0.717) is 6.04 Å². The Morgan fingerprint density at radius 2 is 1.80 bits per heavy atom. The molecule has 1 aromatic rings. The molecular formula is C13H19NO. The molecule has 0 bridgehead atoms. The zero-order valence-corrected chi connectivity index (χ0v) is 9.10. The maximum Gasteiger partial charge on any atom is 0.0590 e. The van der Waals surface area contributed by atoms with Crippen molar-refractivity contribution in [2.75, 3.05) is 19.7 Å². The summed E-state index contributed by atoms with van der Waals surface area (Å²) in [7, 11) is 0. The van der Waals surface area contributed by atoms with Gasteiger partial charge in [0.2, 0.25) is 0 Å². The van der Waals surface area contributed by atoms with Crippen LogP contribution in [0.4, 0.5) is 0 Å². The predicted octanol–water partition coefficient (Wildman–Crippen LogP) is 1.69. The van der Waals surface area contributed by atoms with Crippen LogP contribution < -0.4 is 0 Å². The number of nitrogens with zero attached hydrogens (tertiary/aromatic N) is 1. The molecular weight excluding hydrogens is 186 g/mol. The zero-order valence-electron chi connectivity index (χ0n) is 9.10. The first-order chi connectivity index (χ1) is 7.40. The number of rotatable bonds is 4. The minimum Gasteiger partial charge on any atom is -0.395 e. The van der Waals surface area contributed by atoms with Gasteiger partial charge in [-0.05, 0) is 37.9 Å². The van der Waals surface area contributed by atoms with Gasteiger partial charge in [-0.3, -0.25) is 4.90 Å². The molecule has 82 valence electrons. The quantitative estimate of drug-likeness (QED) is 0.808. The van der Waals surface area contributed by atoms with Gasteiger partial charge in [0.15, 0.2) is 0 Å². The Kier molecular flexibility index (Phi) is 3.75. The molecule has 0 spiro atoms.